The van der Waals surface area contributed by atoms with Crippen LogP contribution in [0.1, 0.15) is 34.1 Å². The molecule has 0 amide bonds. The fraction of sp³-hybridized carbons (Fsp3) is 0.750. The average Bonchev–Trinajstić information content (AvgIpc) is 2.25. The summed E-state index contributed by atoms with van der Waals surface area (Å²) in [5, 5.41) is 8.63. The number of ether oxygens (including phenoxy) is 2. The van der Waals surface area contributed by atoms with E-state index in [1.807, 2.05) is 20.8 Å². The van der Waals surface area contributed by atoms with Gasteiger partial charge in [-0.05, 0) is 20.3 Å². The number of carboxylic acid groups (broad SMARTS) is 1. The van der Waals surface area contributed by atoms with Crippen LogP contribution in [0.15, 0.2) is 12.7 Å². The lowest BCUT2D eigenvalue weighted by molar-refractivity contribution is -0.387. The van der Waals surface area contributed by atoms with Crippen LogP contribution in [-0.4, -0.2) is 35.9 Å². The zero-order chi connectivity index (χ0) is 14.2. The summed E-state index contributed by atoms with van der Waals surface area (Å²) in [4.78, 5) is 20.7. The SMILES string of the molecule is C=CCOC(C)(COOC(C)(C)CC)OC(=O)O. The second-order valence-corrected chi connectivity index (χ2v) is 4.56. The Balaban J connectivity index is 4.32. The molecular formula is C12H22O6. The average molecular weight is 262 g/mol. The van der Waals surface area contributed by atoms with Crippen molar-refractivity contribution in [1.29, 1.82) is 0 Å². The highest BCUT2D eigenvalue weighted by molar-refractivity contribution is 5.57. The first-order valence-electron chi connectivity index (χ1n) is 5.72. The van der Waals surface area contributed by atoms with Crippen molar-refractivity contribution in [1.82, 2.24) is 0 Å². The summed E-state index contributed by atoms with van der Waals surface area (Å²) in [7, 11) is 0. The van der Waals surface area contributed by atoms with Gasteiger partial charge in [-0.25, -0.2) is 14.6 Å². The Kier molecular flexibility index (Phi) is 6.90. The van der Waals surface area contributed by atoms with E-state index < -0.39 is 17.5 Å². The number of carbonyl (C=O) groups is 1. The fourth-order valence-corrected chi connectivity index (χ4v) is 0.875. The summed E-state index contributed by atoms with van der Waals surface area (Å²) in [6, 6.07) is 0. The molecule has 0 aromatic heterocycles. The highest BCUT2D eigenvalue weighted by atomic mass is 17.2. The predicted octanol–water partition coefficient (Wildman–Crippen LogP) is 2.74. The standard InChI is InChI=1S/C12H22O6/c1-6-8-15-12(5,17-10(13)14)9-16-18-11(3,4)7-2/h6H,1,7-9H2,2-5H3,(H,13,14). The summed E-state index contributed by atoms with van der Waals surface area (Å²) < 4.78 is 9.84. The van der Waals surface area contributed by atoms with Crippen molar-refractivity contribution < 1.29 is 29.1 Å². The zero-order valence-electron chi connectivity index (χ0n) is 11.4. The van der Waals surface area contributed by atoms with Crippen LogP contribution in [0.2, 0.25) is 0 Å². The molecule has 0 aliphatic heterocycles. The number of hydrogen-bond acceptors (Lipinski definition) is 5. The maximum atomic E-state index is 10.6. The Morgan fingerprint density at radius 1 is 1.39 bits per heavy atom. The molecule has 0 aliphatic rings. The number of hydrogen-bond donors (Lipinski definition) is 1. The van der Waals surface area contributed by atoms with Crippen molar-refractivity contribution in [3.05, 3.63) is 12.7 Å². The third kappa shape index (κ3) is 7.26. The summed E-state index contributed by atoms with van der Waals surface area (Å²) in [5.41, 5.74) is -0.456. The largest absolute Gasteiger partial charge is 0.508 e. The molecule has 0 heterocycles. The molecule has 1 unspecified atom stereocenters. The summed E-state index contributed by atoms with van der Waals surface area (Å²) in [6.07, 6.45) is 0.789. The molecule has 0 spiro atoms. The molecule has 0 aliphatic carbocycles. The van der Waals surface area contributed by atoms with Gasteiger partial charge in [0, 0.05) is 6.92 Å². The van der Waals surface area contributed by atoms with Gasteiger partial charge in [0.15, 0.2) is 0 Å². The normalized spacial score (nSPS) is 14.9. The van der Waals surface area contributed by atoms with Gasteiger partial charge in [-0.2, -0.15) is 0 Å². The Labute approximate surface area is 107 Å². The molecule has 0 saturated carbocycles. The Hall–Kier alpha value is -1.11. The Morgan fingerprint density at radius 2 is 2.00 bits per heavy atom. The second-order valence-electron chi connectivity index (χ2n) is 4.56. The van der Waals surface area contributed by atoms with Crippen LogP contribution in [0.25, 0.3) is 0 Å². The summed E-state index contributed by atoms with van der Waals surface area (Å²) in [5.74, 6) is -1.43. The van der Waals surface area contributed by atoms with Gasteiger partial charge in [-0.1, -0.05) is 13.0 Å². The summed E-state index contributed by atoms with van der Waals surface area (Å²) in [6.45, 7) is 10.6. The van der Waals surface area contributed by atoms with E-state index in [1.54, 1.807) is 0 Å². The maximum Gasteiger partial charge on any atom is 0.508 e. The first-order valence-corrected chi connectivity index (χ1v) is 5.72. The van der Waals surface area contributed by atoms with Crippen molar-refractivity contribution in [2.45, 2.75) is 45.5 Å². The monoisotopic (exact) mass is 262 g/mol. The molecule has 18 heavy (non-hydrogen) atoms. The van der Waals surface area contributed by atoms with E-state index in [0.717, 1.165) is 6.42 Å². The van der Waals surface area contributed by atoms with Crippen molar-refractivity contribution in [2.24, 2.45) is 0 Å². The molecular weight excluding hydrogens is 240 g/mol. The van der Waals surface area contributed by atoms with E-state index in [1.165, 1.54) is 13.0 Å². The predicted molar refractivity (Wildman–Crippen MR) is 65.1 cm³/mol. The van der Waals surface area contributed by atoms with Crippen molar-refractivity contribution in [3.63, 3.8) is 0 Å². The van der Waals surface area contributed by atoms with Crippen molar-refractivity contribution >= 4 is 6.16 Å². The molecule has 0 rings (SSSR count). The van der Waals surface area contributed by atoms with Crippen LogP contribution in [0.4, 0.5) is 4.79 Å². The van der Waals surface area contributed by atoms with Crippen LogP contribution in [0.5, 0.6) is 0 Å². The van der Waals surface area contributed by atoms with Crippen molar-refractivity contribution in [2.75, 3.05) is 13.2 Å². The lowest BCUT2D eigenvalue weighted by Gasteiger charge is -2.29. The van der Waals surface area contributed by atoms with E-state index in [2.05, 4.69) is 11.3 Å². The molecule has 1 N–H and O–H groups in total. The first kappa shape index (κ1) is 16.9. The molecule has 0 fully saturated rings. The molecule has 0 radical (unpaired) electrons. The Bertz CT molecular complexity index is 276. The first-order chi connectivity index (χ1) is 8.24. The third-order valence-electron chi connectivity index (χ3n) is 2.27. The third-order valence-corrected chi connectivity index (χ3v) is 2.27. The molecule has 106 valence electrons. The lowest BCUT2D eigenvalue weighted by atomic mass is 10.1. The minimum absolute atomic E-state index is 0.143. The highest BCUT2D eigenvalue weighted by Gasteiger charge is 2.32. The molecule has 0 bridgehead atoms. The van der Waals surface area contributed by atoms with Gasteiger partial charge in [-0.3, -0.25) is 0 Å². The quantitative estimate of drug-likeness (QED) is 0.226. The second kappa shape index (κ2) is 7.35. The number of rotatable bonds is 9. The lowest BCUT2D eigenvalue weighted by Crippen LogP contribution is -2.40. The molecule has 1 atom stereocenters. The van der Waals surface area contributed by atoms with Crippen LogP contribution in [0, 0.1) is 0 Å². The van der Waals surface area contributed by atoms with Crippen LogP contribution >= 0.6 is 0 Å². The topological polar surface area (TPSA) is 74.2 Å². The molecule has 0 saturated heterocycles. The molecule has 6 nitrogen and oxygen atoms in total. The van der Waals surface area contributed by atoms with Gasteiger partial charge >= 0.3 is 6.16 Å². The smallest absolute Gasteiger partial charge is 0.450 e. The van der Waals surface area contributed by atoms with Gasteiger partial charge in [0.25, 0.3) is 0 Å². The van der Waals surface area contributed by atoms with E-state index in [0.29, 0.717) is 0 Å². The van der Waals surface area contributed by atoms with E-state index >= 15 is 0 Å². The molecule has 0 aromatic rings. The molecule has 6 heteroatoms. The van der Waals surface area contributed by atoms with Crippen LogP contribution in [0.3, 0.4) is 0 Å². The zero-order valence-corrected chi connectivity index (χ0v) is 11.4. The van der Waals surface area contributed by atoms with E-state index in [-0.39, 0.29) is 13.2 Å². The van der Waals surface area contributed by atoms with Gasteiger partial charge in [0.2, 0.25) is 5.79 Å². The minimum atomic E-state index is -1.44. The Morgan fingerprint density at radius 3 is 2.44 bits per heavy atom. The highest BCUT2D eigenvalue weighted by Crippen LogP contribution is 2.18. The van der Waals surface area contributed by atoms with E-state index in [9.17, 15) is 4.79 Å². The van der Waals surface area contributed by atoms with Gasteiger partial charge in [-0.15, -0.1) is 6.58 Å². The summed E-state index contributed by atoms with van der Waals surface area (Å²) >= 11 is 0. The fourth-order valence-electron chi connectivity index (χ4n) is 0.875. The van der Waals surface area contributed by atoms with Crippen LogP contribution in [-0.2, 0) is 19.2 Å². The van der Waals surface area contributed by atoms with E-state index in [4.69, 9.17) is 19.6 Å². The van der Waals surface area contributed by atoms with Crippen LogP contribution < -0.4 is 0 Å². The van der Waals surface area contributed by atoms with Crippen molar-refractivity contribution in [3.8, 4) is 0 Å². The van der Waals surface area contributed by atoms with Gasteiger partial charge in [0.1, 0.15) is 6.61 Å². The van der Waals surface area contributed by atoms with Gasteiger partial charge in [0.05, 0.1) is 12.2 Å². The van der Waals surface area contributed by atoms with Gasteiger partial charge < -0.3 is 14.6 Å². The minimum Gasteiger partial charge on any atom is -0.450 e. The molecule has 0 aromatic carbocycles. The maximum absolute atomic E-state index is 10.6.